The maximum absolute atomic E-state index is 10.8. The molecule has 0 aromatic heterocycles. The minimum Gasteiger partial charge on any atom is -0.508 e. The SMILES string of the molecule is COC(=O)CC#Cc1cc(O)ccc1C. The lowest BCUT2D eigenvalue weighted by Crippen LogP contribution is -1.97. The molecule has 3 heteroatoms. The minimum atomic E-state index is -0.361. The van der Waals surface area contributed by atoms with Crippen LogP contribution in [0.1, 0.15) is 17.5 Å². The zero-order valence-electron chi connectivity index (χ0n) is 8.70. The van der Waals surface area contributed by atoms with Gasteiger partial charge in [0.25, 0.3) is 0 Å². The van der Waals surface area contributed by atoms with Crippen molar-refractivity contribution in [1.29, 1.82) is 0 Å². The van der Waals surface area contributed by atoms with Crippen LogP contribution in [0, 0.1) is 18.8 Å². The summed E-state index contributed by atoms with van der Waals surface area (Å²) in [6.07, 6.45) is 0.0611. The largest absolute Gasteiger partial charge is 0.508 e. The molecular weight excluding hydrogens is 192 g/mol. The molecule has 3 nitrogen and oxygen atoms in total. The molecule has 15 heavy (non-hydrogen) atoms. The topological polar surface area (TPSA) is 46.5 Å². The average molecular weight is 204 g/mol. The molecule has 0 atom stereocenters. The predicted octanol–water partition coefficient (Wildman–Crippen LogP) is 1.62. The van der Waals surface area contributed by atoms with Crippen molar-refractivity contribution in [3.63, 3.8) is 0 Å². The number of phenolic OH excluding ortho intramolecular Hbond substituents is 1. The Labute approximate surface area is 88.7 Å². The van der Waals surface area contributed by atoms with Crippen LogP contribution in [-0.4, -0.2) is 18.2 Å². The summed E-state index contributed by atoms with van der Waals surface area (Å²) in [5.41, 5.74) is 1.68. The van der Waals surface area contributed by atoms with Crippen molar-refractivity contribution in [2.45, 2.75) is 13.3 Å². The molecule has 0 saturated heterocycles. The van der Waals surface area contributed by atoms with Crippen molar-refractivity contribution in [2.75, 3.05) is 7.11 Å². The van der Waals surface area contributed by atoms with E-state index in [1.54, 1.807) is 18.2 Å². The number of phenols is 1. The smallest absolute Gasteiger partial charge is 0.317 e. The molecule has 1 N–H and O–H groups in total. The van der Waals surface area contributed by atoms with Gasteiger partial charge in [0.05, 0.1) is 7.11 Å². The number of aryl methyl sites for hydroxylation is 1. The summed E-state index contributed by atoms with van der Waals surface area (Å²) < 4.78 is 4.45. The molecule has 0 amide bonds. The quantitative estimate of drug-likeness (QED) is 0.558. The molecule has 0 aliphatic carbocycles. The summed E-state index contributed by atoms with van der Waals surface area (Å²) in [6, 6.07) is 4.94. The first-order valence-corrected chi connectivity index (χ1v) is 4.49. The minimum absolute atomic E-state index is 0.0611. The standard InChI is InChI=1S/C12H12O3/c1-9-6-7-11(13)8-10(9)4-3-5-12(14)15-2/h6-8,13H,5H2,1-2H3. The fourth-order valence-electron chi connectivity index (χ4n) is 1.03. The zero-order chi connectivity index (χ0) is 11.3. The van der Waals surface area contributed by atoms with Crippen molar-refractivity contribution in [2.24, 2.45) is 0 Å². The van der Waals surface area contributed by atoms with Gasteiger partial charge in [0.2, 0.25) is 0 Å². The highest BCUT2D eigenvalue weighted by atomic mass is 16.5. The van der Waals surface area contributed by atoms with Gasteiger partial charge in [-0.3, -0.25) is 4.79 Å². The summed E-state index contributed by atoms with van der Waals surface area (Å²) in [5.74, 6) is 5.30. The third kappa shape index (κ3) is 3.35. The van der Waals surface area contributed by atoms with Crippen molar-refractivity contribution >= 4 is 5.97 Å². The summed E-state index contributed by atoms with van der Waals surface area (Å²) in [6.45, 7) is 1.89. The van der Waals surface area contributed by atoms with E-state index in [2.05, 4.69) is 16.6 Å². The predicted molar refractivity (Wildman–Crippen MR) is 56.4 cm³/mol. The van der Waals surface area contributed by atoms with Crippen molar-refractivity contribution in [1.82, 2.24) is 0 Å². The molecule has 1 rings (SSSR count). The Balaban J connectivity index is 2.79. The lowest BCUT2D eigenvalue weighted by atomic mass is 10.1. The monoisotopic (exact) mass is 204 g/mol. The number of rotatable bonds is 1. The van der Waals surface area contributed by atoms with Crippen LogP contribution in [0.25, 0.3) is 0 Å². The second-order valence-corrected chi connectivity index (χ2v) is 3.05. The first kappa shape index (κ1) is 11.1. The van der Waals surface area contributed by atoms with Crippen LogP contribution in [-0.2, 0) is 9.53 Å². The molecule has 78 valence electrons. The normalized spacial score (nSPS) is 8.93. The highest BCUT2D eigenvalue weighted by Gasteiger charge is 1.97. The van der Waals surface area contributed by atoms with Crippen LogP contribution in [0.15, 0.2) is 18.2 Å². The maximum atomic E-state index is 10.8. The molecule has 0 saturated carbocycles. The van der Waals surface area contributed by atoms with Gasteiger partial charge in [-0.15, -0.1) is 0 Å². The Morgan fingerprint density at radius 3 is 2.93 bits per heavy atom. The van der Waals surface area contributed by atoms with Crippen molar-refractivity contribution in [3.8, 4) is 17.6 Å². The van der Waals surface area contributed by atoms with E-state index in [1.165, 1.54) is 7.11 Å². The Morgan fingerprint density at radius 2 is 2.27 bits per heavy atom. The van der Waals surface area contributed by atoms with Gasteiger partial charge in [-0.1, -0.05) is 17.9 Å². The van der Waals surface area contributed by atoms with Gasteiger partial charge in [-0.25, -0.2) is 0 Å². The highest BCUT2D eigenvalue weighted by Crippen LogP contribution is 2.14. The Bertz CT molecular complexity index is 424. The second kappa shape index (κ2) is 5.06. The van der Waals surface area contributed by atoms with Gasteiger partial charge in [0, 0.05) is 5.56 Å². The molecule has 0 aliphatic rings. The van der Waals surface area contributed by atoms with Gasteiger partial charge < -0.3 is 9.84 Å². The first-order chi connectivity index (χ1) is 7.13. The molecule has 0 fully saturated rings. The fourth-order valence-corrected chi connectivity index (χ4v) is 1.03. The summed E-state index contributed by atoms with van der Waals surface area (Å²) in [4.78, 5) is 10.8. The van der Waals surface area contributed by atoms with E-state index in [1.807, 2.05) is 6.92 Å². The number of hydrogen-bond donors (Lipinski definition) is 1. The Kier molecular flexibility index (Phi) is 3.75. The Morgan fingerprint density at radius 1 is 1.53 bits per heavy atom. The van der Waals surface area contributed by atoms with Crippen LogP contribution in [0.2, 0.25) is 0 Å². The summed E-state index contributed by atoms with van der Waals surface area (Å²) in [5, 5.41) is 9.23. The van der Waals surface area contributed by atoms with Gasteiger partial charge in [-0.05, 0) is 24.6 Å². The molecule has 0 aliphatic heterocycles. The molecule has 1 aromatic carbocycles. The Hall–Kier alpha value is -1.95. The summed E-state index contributed by atoms with van der Waals surface area (Å²) >= 11 is 0. The molecular formula is C12H12O3. The third-order valence-corrected chi connectivity index (χ3v) is 1.90. The van der Waals surface area contributed by atoms with Crippen LogP contribution < -0.4 is 0 Å². The van der Waals surface area contributed by atoms with E-state index in [-0.39, 0.29) is 18.1 Å². The third-order valence-electron chi connectivity index (χ3n) is 1.90. The van der Waals surface area contributed by atoms with E-state index in [0.29, 0.717) is 0 Å². The number of ether oxygens (including phenoxy) is 1. The number of carbonyl (C=O) groups excluding carboxylic acids is 1. The summed E-state index contributed by atoms with van der Waals surface area (Å²) in [7, 11) is 1.32. The van der Waals surface area contributed by atoms with Crippen molar-refractivity contribution < 1.29 is 14.6 Å². The highest BCUT2D eigenvalue weighted by molar-refractivity contribution is 5.72. The number of aromatic hydroxyl groups is 1. The molecule has 0 heterocycles. The van der Waals surface area contributed by atoms with E-state index in [0.717, 1.165) is 11.1 Å². The second-order valence-electron chi connectivity index (χ2n) is 3.05. The average Bonchev–Trinajstić information content (AvgIpc) is 2.23. The lowest BCUT2D eigenvalue weighted by molar-refractivity contribution is -0.139. The molecule has 0 unspecified atom stereocenters. The van der Waals surface area contributed by atoms with E-state index in [4.69, 9.17) is 0 Å². The fraction of sp³-hybridized carbons (Fsp3) is 0.250. The van der Waals surface area contributed by atoms with Gasteiger partial charge >= 0.3 is 5.97 Å². The van der Waals surface area contributed by atoms with E-state index in [9.17, 15) is 9.90 Å². The number of methoxy groups -OCH3 is 1. The van der Waals surface area contributed by atoms with Crippen LogP contribution in [0.3, 0.4) is 0 Å². The first-order valence-electron chi connectivity index (χ1n) is 4.49. The lowest BCUT2D eigenvalue weighted by Gasteiger charge is -1.97. The zero-order valence-corrected chi connectivity index (χ0v) is 8.70. The number of benzene rings is 1. The van der Waals surface area contributed by atoms with Gasteiger partial charge in [0.15, 0.2) is 0 Å². The molecule has 1 aromatic rings. The van der Waals surface area contributed by atoms with Crippen LogP contribution in [0.5, 0.6) is 5.75 Å². The molecule has 0 spiro atoms. The number of hydrogen-bond acceptors (Lipinski definition) is 3. The van der Waals surface area contributed by atoms with Gasteiger partial charge in [-0.2, -0.15) is 0 Å². The van der Waals surface area contributed by atoms with Gasteiger partial charge in [0.1, 0.15) is 12.2 Å². The molecule has 0 bridgehead atoms. The number of esters is 1. The number of carbonyl (C=O) groups is 1. The molecule has 0 radical (unpaired) electrons. The maximum Gasteiger partial charge on any atom is 0.317 e. The van der Waals surface area contributed by atoms with Crippen LogP contribution >= 0.6 is 0 Å². The van der Waals surface area contributed by atoms with E-state index >= 15 is 0 Å². The van der Waals surface area contributed by atoms with E-state index < -0.39 is 0 Å². The van der Waals surface area contributed by atoms with Crippen molar-refractivity contribution in [3.05, 3.63) is 29.3 Å². The van der Waals surface area contributed by atoms with Crippen LogP contribution in [0.4, 0.5) is 0 Å².